The van der Waals surface area contributed by atoms with E-state index in [0.717, 1.165) is 33.8 Å². The first-order valence-corrected chi connectivity index (χ1v) is 8.25. The van der Waals surface area contributed by atoms with Crippen LogP contribution in [0.1, 0.15) is 41.4 Å². The van der Waals surface area contributed by atoms with Crippen molar-refractivity contribution >= 4 is 22.4 Å². The van der Waals surface area contributed by atoms with Crippen LogP contribution in [0.25, 0.3) is 16.5 Å². The highest BCUT2D eigenvalue weighted by molar-refractivity contribution is 6.09. The minimum absolute atomic E-state index is 0.0954. The highest BCUT2D eigenvalue weighted by Crippen LogP contribution is 2.33. The Labute approximate surface area is 143 Å². The van der Waals surface area contributed by atoms with Gasteiger partial charge in [-0.15, -0.1) is 0 Å². The molecule has 2 heterocycles. The van der Waals surface area contributed by atoms with Crippen molar-refractivity contribution in [2.24, 2.45) is 0 Å². The number of aromatic amines is 1. The zero-order valence-corrected chi connectivity index (χ0v) is 13.8. The van der Waals surface area contributed by atoms with Gasteiger partial charge in [-0.05, 0) is 36.1 Å². The zero-order chi connectivity index (χ0) is 18.0. The van der Waals surface area contributed by atoms with Crippen LogP contribution in [0.2, 0.25) is 0 Å². The molecule has 0 atom stereocenters. The van der Waals surface area contributed by atoms with Crippen LogP contribution in [-0.2, 0) is 6.42 Å². The summed E-state index contributed by atoms with van der Waals surface area (Å²) in [5, 5.41) is 3.79. The first-order chi connectivity index (χ1) is 11.9. The van der Waals surface area contributed by atoms with Gasteiger partial charge in [0, 0.05) is 28.7 Å². The summed E-state index contributed by atoms with van der Waals surface area (Å²) in [7, 11) is 0. The summed E-state index contributed by atoms with van der Waals surface area (Å²) in [5.41, 5.74) is 4.37. The molecular weight excluding hydrogens is 329 g/mol. The fraction of sp³-hybridized carbons (Fsp3) is 0.316. The molecule has 0 unspecified atom stereocenters. The van der Waals surface area contributed by atoms with Crippen LogP contribution in [0.3, 0.4) is 0 Å². The van der Waals surface area contributed by atoms with E-state index >= 15 is 0 Å². The van der Waals surface area contributed by atoms with E-state index in [1.165, 1.54) is 6.08 Å². The minimum Gasteiger partial charge on any atom is -0.355 e. The van der Waals surface area contributed by atoms with Gasteiger partial charge in [-0.1, -0.05) is 31.2 Å². The number of hydrogen-bond acceptors (Lipinski definition) is 1. The number of carbonyl (C=O) groups excluding carboxylic acids is 1. The first-order valence-electron chi connectivity index (χ1n) is 8.25. The molecule has 0 saturated heterocycles. The van der Waals surface area contributed by atoms with Gasteiger partial charge in [0.1, 0.15) is 0 Å². The Kier molecular flexibility index (Phi) is 4.70. The summed E-state index contributed by atoms with van der Waals surface area (Å²) >= 11 is 0. The number of allylic oxidation sites excluding steroid dienone is 4. The van der Waals surface area contributed by atoms with E-state index in [4.69, 9.17) is 0 Å². The smallest absolute Gasteiger partial charge is 0.355 e. The SMILES string of the molecule is CC/C(=C\C=C/CC(F)(F)F)c1[nH]c2cccc3c2c1CCNC3=O. The summed E-state index contributed by atoms with van der Waals surface area (Å²) < 4.78 is 36.8. The third-order valence-corrected chi connectivity index (χ3v) is 4.32. The van der Waals surface area contributed by atoms with Crippen molar-refractivity contribution < 1.29 is 18.0 Å². The maximum atomic E-state index is 12.3. The van der Waals surface area contributed by atoms with Gasteiger partial charge < -0.3 is 10.3 Å². The van der Waals surface area contributed by atoms with Crippen molar-refractivity contribution in [1.29, 1.82) is 0 Å². The van der Waals surface area contributed by atoms with Crippen molar-refractivity contribution in [2.45, 2.75) is 32.4 Å². The molecule has 0 radical (unpaired) electrons. The second-order valence-electron chi connectivity index (χ2n) is 6.01. The lowest BCUT2D eigenvalue weighted by molar-refractivity contribution is -0.125. The number of rotatable bonds is 4. The number of hydrogen-bond donors (Lipinski definition) is 2. The number of H-pyrrole nitrogens is 1. The van der Waals surface area contributed by atoms with E-state index in [2.05, 4.69) is 10.3 Å². The van der Waals surface area contributed by atoms with E-state index < -0.39 is 12.6 Å². The molecule has 1 aliphatic rings. The van der Waals surface area contributed by atoms with Gasteiger partial charge in [0.25, 0.3) is 5.91 Å². The van der Waals surface area contributed by atoms with Crippen LogP contribution in [0.4, 0.5) is 13.2 Å². The summed E-state index contributed by atoms with van der Waals surface area (Å²) in [4.78, 5) is 15.5. The van der Waals surface area contributed by atoms with Gasteiger partial charge in [-0.3, -0.25) is 4.79 Å². The van der Waals surface area contributed by atoms with Gasteiger partial charge in [0.05, 0.1) is 6.42 Å². The molecule has 25 heavy (non-hydrogen) atoms. The molecule has 2 N–H and O–H groups in total. The zero-order valence-electron chi connectivity index (χ0n) is 13.8. The van der Waals surface area contributed by atoms with E-state index in [1.54, 1.807) is 12.1 Å². The molecule has 0 spiro atoms. The normalized spacial score (nSPS) is 15.7. The highest BCUT2D eigenvalue weighted by Gasteiger charge is 2.24. The van der Waals surface area contributed by atoms with Crippen LogP contribution < -0.4 is 5.32 Å². The van der Waals surface area contributed by atoms with Crippen LogP contribution in [0.5, 0.6) is 0 Å². The Morgan fingerprint density at radius 1 is 1.32 bits per heavy atom. The van der Waals surface area contributed by atoms with Gasteiger partial charge in [0.15, 0.2) is 0 Å². The lowest BCUT2D eigenvalue weighted by Crippen LogP contribution is -2.23. The number of amides is 1. The van der Waals surface area contributed by atoms with Gasteiger partial charge in [-0.2, -0.15) is 13.2 Å². The molecule has 3 nitrogen and oxygen atoms in total. The van der Waals surface area contributed by atoms with Crippen molar-refractivity contribution in [3.63, 3.8) is 0 Å². The number of nitrogens with one attached hydrogen (secondary N) is 2. The molecule has 132 valence electrons. The predicted molar refractivity (Wildman–Crippen MR) is 92.4 cm³/mol. The third kappa shape index (κ3) is 3.62. The van der Waals surface area contributed by atoms with E-state index in [-0.39, 0.29) is 5.91 Å². The second kappa shape index (κ2) is 6.78. The molecular formula is C19H19F3N2O. The molecule has 1 aromatic heterocycles. The number of alkyl halides is 3. The Bertz CT molecular complexity index is 859. The molecule has 6 heteroatoms. The van der Waals surface area contributed by atoms with Crippen molar-refractivity contribution in [2.75, 3.05) is 6.54 Å². The standard InChI is InChI=1S/C19H19F3N2O/c1-2-12(6-3-4-10-19(20,21)22)17-13-9-11-23-18(25)14-7-5-8-15(24-17)16(13)14/h3-8,24H,2,9-11H2,1H3,(H,23,25)/b4-3-,12-6+. The monoisotopic (exact) mass is 348 g/mol. The molecule has 0 bridgehead atoms. The Balaban J connectivity index is 2.03. The summed E-state index contributed by atoms with van der Waals surface area (Å²) in [5.74, 6) is -0.0954. The number of halogens is 3. The van der Waals surface area contributed by atoms with Gasteiger partial charge >= 0.3 is 6.18 Å². The van der Waals surface area contributed by atoms with Gasteiger partial charge in [-0.25, -0.2) is 0 Å². The number of benzene rings is 1. The average molecular weight is 348 g/mol. The fourth-order valence-electron chi connectivity index (χ4n) is 3.19. The molecule has 2 aromatic rings. The summed E-state index contributed by atoms with van der Waals surface area (Å²) in [6.45, 7) is 2.50. The topological polar surface area (TPSA) is 44.9 Å². The second-order valence-corrected chi connectivity index (χ2v) is 6.01. The lowest BCUT2D eigenvalue weighted by Gasteiger charge is -2.06. The molecule has 0 fully saturated rings. The molecule has 0 aliphatic carbocycles. The highest BCUT2D eigenvalue weighted by atomic mass is 19.4. The lowest BCUT2D eigenvalue weighted by atomic mass is 9.99. The maximum absolute atomic E-state index is 12.3. The molecule has 1 amide bonds. The molecule has 1 aliphatic heterocycles. The summed E-state index contributed by atoms with van der Waals surface area (Å²) in [6, 6.07) is 5.53. The average Bonchev–Trinajstić information content (AvgIpc) is 2.83. The largest absolute Gasteiger partial charge is 0.392 e. The van der Waals surface area contributed by atoms with Crippen LogP contribution in [-0.4, -0.2) is 23.6 Å². The number of aromatic nitrogens is 1. The van der Waals surface area contributed by atoms with Crippen molar-refractivity contribution in [1.82, 2.24) is 10.3 Å². The van der Waals surface area contributed by atoms with Gasteiger partial charge in [0.2, 0.25) is 0 Å². The Morgan fingerprint density at radius 3 is 2.84 bits per heavy atom. The molecule has 3 rings (SSSR count). The number of carbonyl (C=O) groups is 1. The van der Waals surface area contributed by atoms with E-state index in [1.807, 2.05) is 19.1 Å². The van der Waals surface area contributed by atoms with Crippen molar-refractivity contribution in [3.8, 4) is 0 Å². The third-order valence-electron chi connectivity index (χ3n) is 4.32. The molecule has 0 saturated carbocycles. The predicted octanol–water partition coefficient (Wildman–Crippen LogP) is 4.76. The molecule has 1 aromatic carbocycles. The van der Waals surface area contributed by atoms with E-state index in [9.17, 15) is 18.0 Å². The van der Waals surface area contributed by atoms with Crippen LogP contribution in [0.15, 0.2) is 36.4 Å². The Hall–Kier alpha value is -2.50. The van der Waals surface area contributed by atoms with E-state index in [0.29, 0.717) is 24.9 Å². The summed E-state index contributed by atoms with van der Waals surface area (Å²) in [6.07, 6.45) is 0.505. The van der Waals surface area contributed by atoms with Crippen molar-refractivity contribution in [3.05, 3.63) is 53.2 Å². The fourth-order valence-corrected chi connectivity index (χ4v) is 3.19. The maximum Gasteiger partial charge on any atom is 0.392 e. The first kappa shape index (κ1) is 17.3. The Morgan fingerprint density at radius 2 is 2.12 bits per heavy atom. The quantitative estimate of drug-likeness (QED) is 0.769. The van der Waals surface area contributed by atoms with Crippen LogP contribution in [0, 0.1) is 0 Å². The minimum atomic E-state index is -4.19. The van der Waals surface area contributed by atoms with Crippen LogP contribution >= 0.6 is 0 Å².